The summed E-state index contributed by atoms with van der Waals surface area (Å²) in [5.74, 6) is 0.103. The van der Waals surface area contributed by atoms with Gasteiger partial charge in [0.25, 0.3) is 0 Å². The first kappa shape index (κ1) is 17.7. The fourth-order valence-corrected chi connectivity index (χ4v) is 3.93. The molecule has 2 atom stereocenters. The van der Waals surface area contributed by atoms with Crippen LogP contribution in [0, 0.1) is 0 Å². The molecule has 0 saturated heterocycles. The molecule has 5 nitrogen and oxygen atoms in total. The molecular weight excluding hydrogens is 289 g/mol. The van der Waals surface area contributed by atoms with E-state index in [1.54, 1.807) is 26.0 Å². The first-order valence-electron chi connectivity index (χ1n) is 7.29. The van der Waals surface area contributed by atoms with Crippen molar-refractivity contribution in [1.29, 1.82) is 0 Å². The molecule has 118 valence electrons. The van der Waals surface area contributed by atoms with Gasteiger partial charge in [0.15, 0.2) is 0 Å². The minimum atomic E-state index is -3.14. The number of carbonyl (C=O) groups excluding carboxylic acids is 1. The second-order valence-corrected chi connectivity index (χ2v) is 6.99. The maximum Gasteiger partial charge on any atom is 0.323 e. The number of carbonyl (C=O) groups is 1. The zero-order valence-electron chi connectivity index (χ0n) is 12.9. The highest BCUT2D eigenvalue weighted by Crippen LogP contribution is 2.44. The molecule has 1 aromatic rings. The highest BCUT2D eigenvalue weighted by Gasteiger charge is 2.29. The van der Waals surface area contributed by atoms with Crippen molar-refractivity contribution in [3.8, 4) is 5.75 Å². The fourth-order valence-electron chi connectivity index (χ4n) is 1.77. The van der Waals surface area contributed by atoms with E-state index < -0.39 is 19.5 Å². The summed E-state index contributed by atoms with van der Waals surface area (Å²) in [6.07, 6.45) is 2.03. The van der Waals surface area contributed by atoms with E-state index in [4.69, 9.17) is 9.26 Å². The Bertz CT molecular complexity index is 478. The van der Waals surface area contributed by atoms with Gasteiger partial charge in [-0.1, -0.05) is 31.5 Å². The lowest BCUT2D eigenvalue weighted by Gasteiger charge is -2.23. The molecule has 0 aliphatic carbocycles. The van der Waals surface area contributed by atoms with Crippen LogP contribution in [0.2, 0.25) is 0 Å². The van der Waals surface area contributed by atoms with Crippen molar-refractivity contribution in [3.05, 3.63) is 30.3 Å². The highest BCUT2D eigenvalue weighted by molar-refractivity contribution is 7.57. The Balaban J connectivity index is 2.78. The third-order valence-corrected chi connectivity index (χ3v) is 5.02. The van der Waals surface area contributed by atoms with Crippen LogP contribution in [-0.2, 0) is 14.1 Å². The molecule has 0 fully saturated rings. The van der Waals surface area contributed by atoms with Crippen molar-refractivity contribution >= 4 is 13.5 Å². The molecule has 0 heterocycles. The van der Waals surface area contributed by atoms with Crippen LogP contribution in [0.4, 0.5) is 0 Å². The minimum absolute atomic E-state index is 0.295. The molecule has 0 bridgehead atoms. The zero-order valence-corrected chi connectivity index (χ0v) is 13.8. The van der Waals surface area contributed by atoms with Gasteiger partial charge in [0.1, 0.15) is 11.8 Å². The van der Waals surface area contributed by atoms with E-state index >= 15 is 0 Å². The van der Waals surface area contributed by atoms with E-state index in [1.807, 2.05) is 25.1 Å². The summed E-state index contributed by atoms with van der Waals surface area (Å²) in [6, 6.07) is 8.31. The Hall–Kier alpha value is -1.32. The number of hydrogen-bond acceptors (Lipinski definition) is 4. The Morgan fingerprint density at radius 3 is 2.52 bits per heavy atom. The van der Waals surface area contributed by atoms with Gasteiger partial charge in [-0.05, 0) is 32.4 Å². The van der Waals surface area contributed by atoms with Crippen LogP contribution in [0.25, 0.3) is 0 Å². The van der Waals surface area contributed by atoms with Gasteiger partial charge in [0.05, 0.1) is 6.61 Å². The molecule has 0 amide bonds. The SMILES string of the molecule is CCCCP(=O)(N[C@H](C)C(=O)OCC)Oc1ccccc1. The number of benzene rings is 1. The van der Waals surface area contributed by atoms with Crippen LogP contribution < -0.4 is 9.61 Å². The Morgan fingerprint density at radius 1 is 1.29 bits per heavy atom. The lowest BCUT2D eigenvalue weighted by Crippen LogP contribution is -2.35. The van der Waals surface area contributed by atoms with Gasteiger partial charge in [-0.2, -0.15) is 0 Å². The van der Waals surface area contributed by atoms with Gasteiger partial charge in [-0.15, -0.1) is 0 Å². The Kier molecular flexibility index (Phi) is 7.48. The summed E-state index contributed by atoms with van der Waals surface area (Å²) in [5, 5.41) is 2.82. The quantitative estimate of drug-likeness (QED) is 0.557. The first-order chi connectivity index (χ1) is 10.0. The lowest BCUT2D eigenvalue weighted by atomic mass is 10.3. The average Bonchev–Trinajstić information content (AvgIpc) is 2.46. The molecule has 0 spiro atoms. The summed E-state index contributed by atoms with van der Waals surface area (Å²) in [4.78, 5) is 11.7. The minimum Gasteiger partial charge on any atom is -0.465 e. The number of unbranched alkanes of at least 4 members (excludes halogenated alkanes) is 1. The highest BCUT2D eigenvalue weighted by atomic mass is 31.2. The van der Waals surface area contributed by atoms with Gasteiger partial charge in [0, 0.05) is 6.16 Å². The second-order valence-electron chi connectivity index (χ2n) is 4.76. The number of para-hydroxylation sites is 1. The Morgan fingerprint density at radius 2 is 1.95 bits per heavy atom. The third kappa shape index (κ3) is 6.32. The van der Waals surface area contributed by atoms with Gasteiger partial charge in [0.2, 0.25) is 0 Å². The average molecular weight is 313 g/mol. The van der Waals surface area contributed by atoms with Crippen LogP contribution in [-0.4, -0.2) is 24.8 Å². The number of esters is 1. The molecule has 1 rings (SSSR count). The topological polar surface area (TPSA) is 64.6 Å². The number of rotatable bonds is 9. The fraction of sp³-hybridized carbons (Fsp3) is 0.533. The molecule has 6 heteroatoms. The van der Waals surface area contributed by atoms with Crippen LogP contribution >= 0.6 is 7.52 Å². The van der Waals surface area contributed by atoms with Crippen molar-refractivity contribution in [1.82, 2.24) is 5.09 Å². The van der Waals surface area contributed by atoms with E-state index in [0.29, 0.717) is 18.5 Å². The summed E-state index contributed by atoms with van der Waals surface area (Å²) >= 11 is 0. The molecule has 0 radical (unpaired) electrons. The van der Waals surface area contributed by atoms with Crippen molar-refractivity contribution in [3.63, 3.8) is 0 Å². The van der Waals surface area contributed by atoms with Crippen molar-refractivity contribution in [2.75, 3.05) is 12.8 Å². The summed E-state index contributed by atoms with van der Waals surface area (Å²) in [6.45, 7) is 5.68. The van der Waals surface area contributed by atoms with Gasteiger partial charge in [-0.25, -0.2) is 5.09 Å². The molecule has 0 saturated carbocycles. The molecule has 1 unspecified atom stereocenters. The van der Waals surface area contributed by atoms with Crippen LogP contribution in [0.5, 0.6) is 5.75 Å². The standard InChI is InChI=1S/C15H24NO4P/c1-4-6-12-21(18,16-13(3)15(17)19-5-2)20-14-10-8-7-9-11-14/h7-11,13H,4-6,12H2,1-3H3,(H,16,18)/t13-,21?/m1/s1. The van der Waals surface area contributed by atoms with E-state index in [0.717, 1.165) is 12.8 Å². The predicted molar refractivity (Wildman–Crippen MR) is 83.7 cm³/mol. The number of ether oxygens (including phenoxy) is 1. The predicted octanol–water partition coefficient (Wildman–Crippen LogP) is 3.60. The molecule has 0 aliphatic rings. The largest absolute Gasteiger partial charge is 0.465 e. The first-order valence-corrected chi connectivity index (χ1v) is 9.10. The van der Waals surface area contributed by atoms with Gasteiger partial charge >= 0.3 is 13.5 Å². The summed E-state index contributed by atoms with van der Waals surface area (Å²) in [7, 11) is -3.14. The maximum atomic E-state index is 12.9. The zero-order chi connectivity index (χ0) is 15.7. The molecule has 1 N–H and O–H groups in total. The molecule has 0 aromatic heterocycles. The van der Waals surface area contributed by atoms with E-state index in [1.165, 1.54) is 0 Å². The van der Waals surface area contributed by atoms with Crippen LogP contribution in [0.15, 0.2) is 30.3 Å². The lowest BCUT2D eigenvalue weighted by molar-refractivity contribution is -0.144. The smallest absolute Gasteiger partial charge is 0.323 e. The number of nitrogens with one attached hydrogen (secondary N) is 1. The molecule has 0 aliphatic heterocycles. The normalized spacial score (nSPS) is 15.0. The monoisotopic (exact) mass is 313 g/mol. The summed E-state index contributed by atoms with van der Waals surface area (Å²) in [5.41, 5.74) is 0. The number of hydrogen-bond donors (Lipinski definition) is 1. The molecule has 21 heavy (non-hydrogen) atoms. The van der Waals surface area contributed by atoms with E-state index in [9.17, 15) is 9.36 Å². The van der Waals surface area contributed by atoms with Crippen LogP contribution in [0.1, 0.15) is 33.6 Å². The van der Waals surface area contributed by atoms with E-state index in [-0.39, 0.29) is 0 Å². The van der Waals surface area contributed by atoms with Gasteiger partial charge < -0.3 is 9.26 Å². The molecule has 1 aromatic carbocycles. The summed E-state index contributed by atoms with van der Waals surface area (Å²) < 4.78 is 23.5. The van der Waals surface area contributed by atoms with Crippen molar-refractivity contribution in [2.45, 2.75) is 39.7 Å². The molecular formula is C15H24NO4P. The Labute approximate surface area is 126 Å². The van der Waals surface area contributed by atoms with Crippen molar-refractivity contribution < 1.29 is 18.6 Å². The third-order valence-electron chi connectivity index (χ3n) is 2.83. The van der Waals surface area contributed by atoms with E-state index in [2.05, 4.69) is 5.09 Å². The second kappa shape index (κ2) is 8.85. The van der Waals surface area contributed by atoms with Crippen LogP contribution in [0.3, 0.4) is 0 Å². The van der Waals surface area contributed by atoms with Gasteiger partial charge in [-0.3, -0.25) is 9.36 Å². The van der Waals surface area contributed by atoms with Crippen molar-refractivity contribution in [2.24, 2.45) is 0 Å². The maximum absolute atomic E-state index is 12.9.